The molecule has 0 aliphatic carbocycles. The first-order valence-electron chi connectivity index (χ1n) is 5.95. The molecule has 5 heteroatoms. The largest absolute Gasteiger partial charge is 0.353 e. The van der Waals surface area contributed by atoms with E-state index in [1.165, 1.54) is 27.0 Å². The second-order valence-electron chi connectivity index (χ2n) is 4.17. The van der Waals surface area contributed by atoms with Crippen LogP contribution in [0.25, 0.3) is 0 Å². The second-order valence-corrected chi connectivity index (χ2v) is 6.28. The summed E-state index contributed by atoms with van der Waals surface area (Å²) >= 11 is 0. The van der Waals surface area contributed by atoms with Crippen LogP contribution in [0.1, 0.15) is 24.8 Å². The topological polar surface area (TPSA) is 52.6 Å². The Morgan fingerprint density at radius 2 is 1.84 bits per heavy atom. The summed E-state index contributed by atoms with van der Waals surface area (Å²) in [5.41, 5.74) is 0.993. The van der Waals surface area contributed by atoms with Crippen molar-refractivity contribution in [3.63, 3.8) is 0 Å². The predicted molar refractivity (Wildman–Crippen MR) is 75.2 cm³/mol. The van der Waals surface area contributed by atoms with Crippen molar-refractivity contribution in [2.45, 2.75) is 19.3 Å². The van der Waals surface area contributed by atoms with Crippen LogP contribution in [-0.4, -0.2) is 20.0 Å². The molecule has 0 radical (unpaired) electrons. The average molecular weight is 282 g/mol. The Hall–Kier alpha value is -1.22. The molecule has 1 aromatic carbocycles. The van der Waals surface area contributed by atoms with Gasteiger partial charge < -0.3 is 9.05 Å². The third-order valence-corrected chi connectivity index (χ3v) is 4.30. The van der Waals surface area contributed by atoms with E-state index in [4.69, 9.17) is 9.05 Å². The molecule has 0 bridgehead atoms. The van der Waals surface area contributed by atoms with Crippen molar-refractivity contribution in [2.75, 3.05) is 14.2 Å². The van der Waals surface area contributed by atoms with E-state index in [2.05, 4.69) is 0 Å². The van der Waals surface area contributed by atoms with Crippen LogP contribution >= 0.6 is 7.60 Å². The minimum atomic E-state index is -3.19. The maximum Gasteiger partial charge on any atom is 0.353 e. The van der Waals surface area contributed by atoms with E-state index in [1.54, 1.807) is 6.08 Å². The predicted octanol–water partition coefficient (Wildman–Crippen LogP) is 3.75. The summed E-state index contributed by atoms with van der Waals surface area (Å²) in [5, 5.41) is 0. The lowest BCUT2D eigenvalue weighted by atomic mass is 9.94. The van der Waals surface area contributed by atoms with Gasteiger partial charge in [-0.3, -0.25) is 9.36 Å². The molecule has 0 aromatic heterocycles. The highest BCUT2D eigenvalue weighted by Crippen LogP contribution is 2.48. The molecular weight excluding hydrogens is 263 g/mol. The fourth-order valence-electron chi connectivity index (χ4n) is 1.71. The molecule has 0 fully saturated rings. The number of rotatable bonds is 7. The third-order valence-electron chi connectivity index (χ3n) is 2.75. The Labute approximate surface area is 114 Å². The van der Waals surface area contributed by atoms with Crippen molar-refractivity contribution < 1.29 is 18.4 Å². The Morgan fingerprint density at radius 3 is 2.32 bits per heavy atom. The van der Waals surface area contributed by atoms with Crippen LogP contribution in [0.4, 0.5) is 0 Å². The van der Waals surface area contributed by atoms with Crippen LogP contribution in [0.5, 0.6) is 0 Å². The Kier molecular flexibility index (Phi) is 6.16. The summed E-state index contributed by atoms with van der Waals surface area (Å²) in [4.78, 5) is 11.3. The van der Waals surface area contributed by atoms with Gasteiger partial charge in [-0.25, -0.2) is 0 Å². The third kappa shape index (κ3) is 5.11. The van der Waals surface area contributed by atoms with E-state index in [9.17, 15) is 9.36 Å². The summed E-state index contributed by atoms with van der Waals surface area (Å²) in [6.45, 7) is 1.54. The van der Waals surface area contributed by atoms with Gasteiger partial charge in [0, 0.05) is 32.4 Å². The maximum atomic E-state index is 12.0. The first-order valence-corrected chi connectivity index (χ1v) is 7.57. The monoisotopic (exact) mass is 282 g/mol. The van der Waals surface area contributed by atoms with Crippen LogP contribution in [0.2, 0.25) is 0 Å². The summed E-state index contributed by atoms with van der Waals surface area (Å²) in [6.07, 6.45) is 2.07. The Bertz CT molecular complexity index is 473. The van der Waals surface area contributed by atoms with E-state index < -0.39 is 7.60 Å². The van der Waals surface area contributed by atoms with Gasteiger partial charge in [0.25, 0.3) is 0 Å². The zero-order valence-electron chi connectivity index (χ0n) is 11.4. The molecule has 0 N–H and O–H groups in total. The minimum absolute atomic E-state index is 0.0724. The lowest BCUT2D eigenvalue weighted by Gasteiger charge is -2.13. The van der Waals surface area contributed by atoms with Crippen molar-refractivity contribution in [2.24, 2.45) is 0 Å². The fourth-order valence-corrected chi connectivity index (χ4v) is 2.52. The summed E-state index contributed by atoms with van der Waals surface area (Å²) in [7, 11) is -0.530. The van der Waals surface area contributed by atoms with Crippen LogP contribution < -0.4 is 0 Å². The molecule has 4 nitrogen and oxygen atoms in total. The number of allylic oxidation sites excluding steroid dienone is 1. The van der Waals surface area contributed by atoms with Crippen molar-refractivity contribution in [3.05, 3.63) is 47.8 Å². The van der Waals surface area contributed by atoms with Gasteiger partial charge >= 0.3 is 7.60 Å². The lowest BCUT2D eigenvalue weighted by Crippen LogP contribution is -2.01. The van der Waals surface area contributed by atoms with Crippen LogP contribution in [0.15, 0.2) is 42.2 Å². The van der Waals surface area contributed by atoms with Crippen LogP contribution in [-0.2, 0) is 18.4 Å². The van der Waals surface area contributed by atoms with E-state index in [1.807, 2.05) is 30.3 Å². The standard InChI is InChI=1S/C14H19O4P/c1-12(15)11-14(13-7-5-4-6-8-13)9-10-19(16,17-2)18-3/h4-10,14H,11H2,1-3H3/b10-9+/t14-/m0/s1. The molecule has 0 aliphatic rings. The van der Waals surface area contributed by atoms with Gasteiger partial charge in [0.05, 0.1) is 0 Å². The normalized spacial score (nSPS) is 13.6. The van der Waals surface area contributed by atoms with Gasteiger partial charge in [-0.1, -0.05) is 36.4 Å². The van der Waals surface area contributed by atoms with Crippen LogP contribution in [0.3, 0.4) is 0 Å². The number of Topliss-reactive ketones (excluding diaryl/α,β-unsaturated/α-hetero) is 1. The first-order chi connectivity index (χ1) is 9.00. The molecular formula is C14H19O4P. The van der Waals surface area contributed by atoms with Gasteiger partial charge in [0.1, 0.15) is 5.78 Å². The fraction of sp³-hybridized carbons (Fsp3) is 0.357. The van der Waals surface area contributed by atoms with Gasteiger partial charge in [-0.15, -0.1) is 0 Å². The summed E-state index contributed by atoms with van der Waals surface area (Å²) in [6, 6.07) is 9.59. The van der Waals surface area contributed by atoms with Gasteiger partial charge in [-0.05, 0) is 12.5 Å². The molecule has 104 valence electrons. The molecule has 0 saturated heterocycles. The molecule has 1 aromatic rings. The summed E-state index contributed by atoms with van der Waals surface area (Å²) < 4.78 is 21.6. The zero-order chi connectivity index (χ0) is 14.3. The van der Waals surface area contributed by atoms with Crippen molar-refractivity contribution in [3.8, 4) is 0 Å². The maximum absolute atomic E-state index is 12.0. The highest BCUT2D eigenvalue weighted by molar-refractivity contribution is 7.57. The molecule has 0 amide bonds. The molecule has 0 aliphatic heterocycles. The van der Waals surface area contributed by atoms with Crippen LogP contribution in [0, 0.1) is 0 Å². The zero-order valence-corrected chi connectivity index (χ0v) is 12.3. The van der Waals surface area contributed by atoms with E-state index >= 15 is 0 Å². The van der Waals surface area contributed by atoms with E-state index in [0.29, 0.717) is 6.42 Å². The van der Waals surface area contributed by atoms with Crippen molar-refractivity contribution in [1.82, 2.24) is 0 Å². The molecule has 1 atom stereocenters. The smallest absolute Gasteiger partial charge is 0.309 e. The average Bonchev–Trinajstić information content (AvgIpc) is 2.43. The first kappa shape index (κ1) is 15.8. The molecule has 19 heavy (non-hydrogen) atoms. The van der Waals surface area contributed by atoms with Gasteiger partial charge in [0.2, 0.25) is 0 Å². The van der Waals surface area contributed by atoms with Crippen molar-refractivity contribution >= 4 is 13.4 Å². The Balaban J connectivity index is 2.96. The molecule has 0 spiro atoms. The summed E-state index contributed by atoms with van der Waals surface area (Å²) in [5.74, 6) is 1.36. The number of hydrogen-bond donors (Lipinski definition) is 0. The number of hydrogen-bond acceptors (Lipinski definition) is 4. The SMILES string of the molecule is COP(=O)(/C=C/[C@@H](CC(C)=O)c1ccccc1)OC. The van der Waals surface area contributed by atoms with Crippen molar-refractivity contribution in [1.29, 1.82) is 0 Å². The number of ketones is 1. The molecule has 1 rings (SSSR count). The second kappa shape index (κ2) is 7.39. The minimum Gasteiger partial charge on any atom is -0.309 e. The van der Waals surface area contributed by atoms with E-state index in [-0.39, 0.29) is 11.7 Å². The lowest BCUT2D eigenvalue weighted by molar-refractivity contribution is -0.117. The van der Waals surface area contributed by atoms with Gasteiger partial charge in [0.15, 0.2) is 0 Å². The van der Waals surface area contributed by atoms with Gasteiger partial charge in [-0.2, -0.15) is 0 Å². The molecule has 0 saturated carbocycles. The molecule has 0 unspecified atom stereocenters. The highest BCUT2D eigenvalue weighted by atomic mass is 31.2. The molecule has 0 heterocycles. The van der Waals surface area contributed by atoms with E-state index in [0.717, 1.165) is 5.56 Å². The number of benzene rings is 1. The quantitative estimate of drug-likeness (QED) is 0.715. The highest BCUT2D eigenvalue weighted by Gasteiger charge is 2.18. The Morgan fingerprint density at radius 1 is 1.26 bits per heavy atom. The number of carbonyl (C=O) groups is 1. The number of carbonyl (C=O) groups excluding carboxylic acids is 1.